The SMILES string of the molecule is Cn1cc(-c2c(-c3ccc(CCCI)cc3)c3c(ncc4c3n([C@@H]3C[C@@H](O)[C@@H](NC(=O)OC(C)(C)C)C3)c(=O)n4C)n2S(=O)(=O)c2ccccc2)c(F)n1. The number of nitrogens with zero attached hydrogens (tertiary/aromatic N) is 6. The Hall–Kier alpha value is -4.55. The molecule has 3 atom stereocenters. The number of nitrogens with one attached hydrogen (secondary N) is 1. The van der Waals surface area contributed by atoms with Crippen molar-refractivity contribution in [2.75, 3.05) is 4.43 Å². The first kappa shape index (κ1) is 37.8. The molecular formula is C38H41FIN7O6S. The molecular weight excluding hydrogens is 828 g/mol. The largest absolute Gasteiger partial charge is 0.444 e. The second-order valence-corrected chi connectivity index (χ2v) is 17.5. The maximum absolute atomic E-state index is 16.0. The van der Waals surface area contributed by atoms with E-state index < -0.39 is 51.5 Å². The van der Waals surface area contributed by atoms with Crippen LogP contribution in [0, 0.1) is 5.95 Å². The standard InChI is InChI=1S/C38H41FIN7O6S/c1-38(2,3)53-36(49)42-27-18-24(19-29(27)48)46-33-28(45(5)37(46)50)20-41-35-31(33)30(23-15-13-22(14-16-23)10-9-17-40)32(26-21-44(4)43-34(26)39)47(35)54(51,52)25-11-7-6-8-12-25/h6-8,11-16,20-21,24,27,29,48H,9-10,17-19H2,1-5H3,(H,42,49)/t24-,27-,29+/m0/s1. The maximum Gasteiger partial charge on any atom is 0.407 e. The summed E-state index contributed by atoms with van der Waals surface area (Å²) in [6, 6.07) is 14.1. The van der Waals surface area contributed by atoms with Gasteiger partial charge in [0, 0.05) is 31.9 Å². The number of rotatable bonds is 9. The summed E-state index contributed by atoms with van der Waals surface area (Å²) in [7, 11) is -1.31. The van der Waals surface area contributed by atoms with E-state index in [2.05, 4.69) is 33.0 Å². The van der Waals surface area contributed by atoms with Crippen molar-refractivity contribution in [3.8, 4) is 22.4 Å². The Bertz CT molecular complexity index is 2550. The second-order valence-electron chi connectivity index (χ2n) is 14.7. The Morgan fingerprint density at radius 1 is 1.09 bits per heavy atom. The molecule has 0 aliphatic heterocycles. The van der Waals surface area contributed by atoms with Crippen molar-refractivity contribution < 1.29 is 27.4 Å². The second kappa shape index (κ2) is 14.3. The van der Waals surface area contributed by atoms with Crippen LogP contribution in [0.4, 0.5) is 9.18 Å². The first-order valence-electron chi connectivity index (χ1n) is 17.6. The van der Waals surface area contributed by atoms with Gasteiger partial charge in [0.25, 0.3) is 10.0 Å². The molecule has 2 N–H and O–H groups in total. The number of amides is 1. The minimum atomic E-state index is -4.46. The number of alkyl carbamates (subject to hydrolysis) is 1. The lowest BCUT2D eigenvalue weighted by Crippen LogP contribution is -2.42. The topological polar surface area (TPSA) is 155 Å². The number of aryl methyl sites for hydroxylation is 3. The van der Waals surface area contributed by atoms with Gasteiger partial charge in [-0.2, -0.15) is 4.39 Å². The molecule has 4 heterocycles. The van der Waals surface area contributed by atoms with E-state index in [0.717, 1.165) is 26.8 Å². The highest BCUT2D eigenvalue weighted by Crippen LogP contribution is 2.46. The number of imidazole rings is 1. The van der Waals surface area contributed by atoms with Crippen LogP contribution in [0.15, 0.2) is 76.7 Å². The summed E-state index contributed by atoms with van der Waals surface area (Å²) in [6.07, 6.45) is 3.25. The van der Waals surface area contributed by atoms with Crippen molar-refractivity contribution in [2.24, 2.45) is 14.1 Å². The van der Waals surface area contributed by atoms with Gasteiger partial charge >= 0.3 is 11.8 Å². The van der Waals surface area contributed by atoms with E-state index in [-0.39, 0.29) is 34.6 Å². The molecule has 0 bridgehead atoms. The fourth-order valence-electron chi connectivity index (χ4n) is 7.38. The highest BCUT2D eigenvalue weighted by Gasteiger charge is 2.40. The molecule has 1 fully saturated rings. The van der Waals surface area contributed by atoms with E-state index in [9.17, 15) is 23.1 Å². The molecule has 13 nitrogen and oxygen atoms in total. The van der Waals surface area contributed by atoms with Gasteiger partial charge in [-0.15, -0.1) is 5.10 Å². The molecule has 4 aromatic heterocycles. The van der Waals surface area contributed by atoms with E-state index in [1.807, 2.05) is 24.3 Å². The lowest BCUT2D eigenvalue weighted by atomic mass is 9.97. The number of aliphatic hydroxyl groups is 1. The number of alkyl halides is 1. The molecule has 0 spiro atoms. The molecule has 1 saturated carbocycles. The minimum Gasteiger partial charge on any atom is -0.444 e. The van der Waals surface area contributed by atoms with Crippen LogP contribution in [0.1, 0.15) is 51.6 Å². The number of aromatic nitrogens is 6. The van der Waals surface area contributed by atoms with Gasteiger partial charge in [0.15, 0.2) is 5.65 Å². The Kier molecular flexibility index (Phi) is 9.97. The van der Waals surface area contributed by atoms with Crippen LogP contribution in [0.5, 0.6) is 0 Å². The third kappa shape index (κ3) is 6.72. The molecule has 54 heavy (non-hydrogen) atoms. The molecule has 0 radical (unpaired) electrons. The summed E-state index contributed by atoms with van der Waals surface area (Å²) in [6.45, 7) is 5.21. The third-order valence-corrected chi connectivity index (χ3v) is 12.2. The number of carbonyl (C=O) groups is 1. The minimum absolute atomic E-state index is 0.00163. The van der Waals surface area contributed by atoms with Crippen molar-refractivity contribution in [1.29, 1.82) is 0 Å². The number of ether oxygens (including phenoxy) is 1. The number of halogens is 2. The van der Waals surface area contributed by atoms with E-state index in [4.69, 9.17) is 9.72 Å². The monoisotopic (exact) mass is 869 g/mol. The first-order chi connectivity index (χ1) is 25.6. The zero-order valence-electron chi connectivity index (χ0n) is 30.5. The average molecular weight is 870 g/mol. The molecule has 2 aromatic carbocycles. The molecule has 7 rings (SSSR count). The van der Waals surface area contributed by atoms with Crippen LogP contribution in [-0.4, -0.2) is 69.7 Å². The number of benzene rings is 2. The third-order valence-electron chi connectivity index (χ3n) is 9.72. The summed E-state index contributed by atoms with van der Waals surface area (Å²) in [5.74, 6) is -0.888. The number of pyridine rings is 1. The smallest absolute Gasteiger partial charge is 0.407 e. The first-order valence-corrected chi connectivity index (χ1v) is 20.5. The summed E-state index contributed by atoms with van der Waals surface area (Å²) in [5, 5.41) is 18.2. The number of carbonyl (C=O) groups excluding carboxylic acids is 1. The van der Waals surface area contributed by atoms with Gasteiger partial charge in [0.05, 0.1) is 50.9 Å². The molecule has 0 unspecified atom stereocenters. The van der Waals surface area contributed by atoms with Crippen molar-refractivity contribution >= 4 is 60.8 Å². The van der Waals surface area contributed by atoms with Crippen LogP contribution >= 0.6 is 22.6 Å². The molecule has 1 amide bonds. The van der Waals surface area contributed by atoms with Crippen LogP contribution in [-0.2, 0) is 35.3 Å². The van der Waals surface area contributed by atoms with E-state index in [1.54, 1.807) is 57.6 Å². The van der Waals surface area contributed by atoms with Gasteiger partial charge in [-0.05, 0) is 74.1 Å². The van der Waals surface area contributed by atoms with Crippen LogP contribution < -0.4 is 11.0 Å². The Labute approximate surface area is 324 Å². The molecule has 1 aliphatic carbocycles. The highest BCUT2D eigenvalue weighted by atomic mass is 127. The molecule has 16 heteroatoms. The van der Waals surface area contributed by atoms with Gasteiger partial charge < -0.3 is 15.2 Å². The number of aliphatic hydroxyl groups excluding tert-OH is 1. The van der Waals surface area contributed by atoms with E-state index in [1.165, 1.54) is 33.8 Å². The molecule has 0 saturated heterocycles. The van der Waals surface area contributed by atoms with E-state index in [0.29, 0.717) is 27.5 Å². The van der Waals surface area contributed by atoms with Gasteiger partial charge in [-0.3, -0.25) is 13.8 Å². The Morgan fingerprint density at radius 3 is 2.43 bits per heavy atom. The van der Waals surface area contributed by atoms with E-state index >= 15 is 4.39 Å². The zero-order valence-corrected chi connectivity index (χ0v) is 33.4. The van der Waals surface area contributed by atoms with Crippen LogP contribution in [0.3, 0.4) is 0 Å². The quantitative estimate of drug-likeness (QED) is 0.131. The zero-order chi connectivity index (χ0) is 38.7. The molecule has 1 aliphatic rings. The molecule has 6 aromatic rings. The highest BCUT2D eigenvalue weighted by molar-refractivity contribution is 14.1. The number of hydrogen-bond donors (Lipinski definition) is 2. The number of fused-ring (bicyclic) bond motifs is 3. The lowest BCUT2D eigenvalue weighted by Gasteiger charge is -2.23. The summed E-state index contributed by atoms with van der Waals surface area (Å²) < 4.78 is 57.4. The fourth-order valence-corrected chi connectivity index (χ4v) is 9.27. The summed E-state index contributed by atoms with van der Waals surface area (Å²) in [4.78, 5) is 31.7. The average Bonchev–Trinajstić information content (AvgIpc) is 3.83. The van der Waals surface area contributed by atoms with Crippen LogP contribution in [0.2, 0.25) is 0 Å². The van der Waals surface area contributed by atoms with Crippen LogP contribution in [0.25, 0.3) is 44.5 Å². The van der Waals surface area contributed by atoms with Crippen molar-refractivity contribution in [1.82, 2.24) is 33.2 Å². The van der Waals surface area contributed by atoms with Gasteiger partial charge in [-0.25, -0.2) is 27.0 Å². The predicted molar refractivity (Wildman–Crippen MR) is 212 cm³/mol. The van der Waals surface area contributed by atoms with Gasteiger partial charge in [-0.1, -0.05) is 65.1 Å². The van der Waals surface area contributed by atoms with Gasteiger partial charge in [0.1, 0.15) is 5.60 Å². The number of hydrogen-bond acceptors (Lipinski definition) is 8. The van der Waals surface area contributed by atoms with Crippen molar-refractivity contribution in [3.05, 3.63) is 89.0 Å². The fraction of sp³-hybridized carbons (Fsp3) is 0.368. The lowest BCUT2D eigenvalue weighted by molar-refractivity contribution is 0.0449. The predicted octanol–water partition coefficient (Wildman–Crippen LogP) is 6.09. The normalized spacial score (nSPS) is 17.8. The van der Waals surface area contributed by atoms with Gasteiger partial charge in [0.2, 0.25) is 5.95 Å². The summed E-state index contributed by atoms with van der Waals surface area (Å²) in [5.41, 5.74) is 1.47. The Morgan fingerprint density at radius 2 is 1.80 bits per heavy atom. The maximum atomic E-state index is 16.0. The van der Waals surface area contributed by atoms with Crippen molar-refractivity contribution in [2.45, 2.75) is 75.1 Å². The Balaban J connectivity index is 1.56. The molecule has 284 valence electrons. The summed E-state index contributed by atoms with van der Waals surface area (Å²) >= 11 is 2.33. The van der Waals surface area contributed by atoms with Crippen molar-refractivity contribution in [3.63, 3.8) is 0 Å².